The first-order valence-corrected chi connectivity index (χ1v) is 14.0. The van der Waals surface area contributed by atoms with Crippen molar-refractivity contribution in [3.05, 3.63) is 76.6 Å². The average Bonchev–Trinajstić information content (AvgIpc) is 3.56. The van der Waals surface area contributed by atoms with Crippen LogP contribution in [0.5, 0.6) is 0 Å². The molecule has 0 saturated carbocycles. The summed E-state index contributed by atoms with van der Waals surface area (Å²) in [5, 5.41) is 9.37. The maximum atomic E-state index is 13.5. The summed E-state index contributed by atoms with van der Waals surface area (Å²) in [6.07, 6.45) is 5.08. The van der Waals surface area contributed by atoms with Gasteiger partial charge in [-0.15, -0.1) is 0 Å². The minimum absolute atomic E-state index is 0.00182. The Morgan fingerprint density at radius 3 is 2.80 bits per heavy atom. The van der Waals surface area contributed by atoms with Gasteiger partial charge in [-0.3, -0.25) is 14.5 Å². The third-order valence-electron chi connectivity index (χ3n) is 8.06. The minimum Gasteiger partial charge on any atom is -0.383 e. The summed E-state index contributed by atoms with van der Waals surface area (Å²) in [6, 6.07) is 11.5. The van der Waals surface area contributed by atoms with Gasteiger partial charge in [-0.25, -0.2) is 9.97 Å². The molecule has 3 heterocycles. The van der Waals surface area contributed by atoms with Gasteiger partial charge in [-0.2, -0.15) is 0 Å². The Morgan fingerprint density at radius 2 is 2.00 bits per heavy atom. The van der Waals surface area contributed by atoms with Gasteiger partial charge < -0.3 is 25.6 Å². The Kier molecular flexibility index (Phi) is 7.53. The monoisotopic (exact) mass is 553 g/mol. The van der Waals surface area contributed by atoms with Crippen molar-refractivity contribution in [2.45, 2.75) is 25.8 Å². The number of aryl methyl sites for hydroxylation is 1. The topological polar surface area (TPSA) is 112 Å². The summed E-state index contributed by atoms with van der Waals surface area (Å²) in [5.41, 5.74) is 8.37. The lowest BCUT2D eigenvalue weighted by Crippen LogP contribution is -2.54. The van der Waals surface area contributed by atoms with Crippen LogP contribution in [-0.2, 0) is 27.2 Å². The van der Waals surface area contributed by atoms with Crippen LogP contribution in [-0.4, -0.2) is 84.6 Å². The number of allylic oxidation sites excluding steroid dienone is 1. The molecular formula is C31H35N7O3. The number of ether oxygens (including phenoxy) is 1. The van der Waals surface area contributed by atoms with E-state index in [-0.39, 0.29) is 17.9 Å². The summed E-state index contributed by atoms with van der Waals surface area (Å²) in [5.74, 6) is 0.429. The number of benzene rings is 2. The molecule has 10 heteroatoms. The van der Waals surface area contributed by atoms with Gasteiger partial charge in [0.25, 0.3) is 0 Å². The van der Waals surface area contributed by atoms with E-state index in [0.29, 0.717) is 25.4 Å². The van der Waals surface area contributed by atoms with Gasteiger partial charge in [0, 0.05) is 62.1 Å². The Bertz CT molecular complexity index is 1530. The van der Waals surface area contributed by atoms with E-state index >= 15 is 0 Å². The standard InChI is InChI=1S/C31H35N7O3/c1-19-17-32-31(33-21-8-7-20-15-28(39)34-26(20)16-21)36-29(19)24-10-9-23-22(24)5-4-6-25(23)35-30(40)27(18-41-3)38-13-11-37(2)12-14-38/h4-8,10,16-17,27H,9,11-15,18H2,1-3H3,(H,34,39)(H,35,40)(H,32,33,36)/t27-/m1/s1. The first-order valence-electron chi connectivity index (χ1n) is 14.0. The van der Waals surface area contributed by atoms with Crippen LogP contribution in [0.2, 0.25) is 0 Å². The molecule has 0 radical (unpaired) electrons. The number of nitrogens with zero attached hydrogens (tertiary/aromatic N) is 4. The van der Waals surface area contributed by atoms with Crippen LogP contribution in [0.3, 0.4) is 0 Å². The molecule has 1 saturated heterocycles. The normalized spacial score (nSPS) is 17.4. The first-order chi connectivity index (χ1) is 19.9. The van der Waals surface area contributed by atoms with Crippen LogP contribution in [0, 0.1) is 6.92 Å². The lowest BCUT2D eigenvalue weighted by molar-refractivity contribution is -0.124. The molecule has 41 heavy (non-hydrogen) atoms. The minimum atomic E-state index is -0.344. The van der Waals surface area contributed by atoms with Crippen molar-refractivity contribution in [1.29, 1.82) is 0 Å². The molecule has 0 bridgehead atoms. The lowest BCUT2D eigenvalue weighted by atomic mass is 9.99. The van der Waals surface area contributed by atoms with E-state index in [4.69, 9.17) is 9.72 Å². The van der Waals surface area contributed by atoms with Crippen LogP contribution in [0.4, 0.5) is 23.0 Å². The van der Waals surface area contributed by atoms with Crippen LogP contribution in [0.1, 0.15) is 27.9 Å². The number of likely N-dealkylation sites (N-methyl/N-ethyl adjacent to an activating group) is 1. The smallest absolute Gasteiger partial charge is 0.244 e. The van der Waals surface area contributed by atoms with Crippen molar-refractivity contribution in [2.75, 3.05) is 62.9 Å². The maximum Gasteiger partial charge on any atom is 0.244 e. The van der Waals surface area contributed by atoms with Crippen molar-refractivity contribution in [3.8, 4) is 0 Å². The maximum absolute atomic E-state index is 13.5. The highest BCUT2D eigenvalue weighted by Gasteiger charge is 2.30. The molecule has 0 unspecified atom stereocenters. The van der Waals surface area contributed by atoms with Gasteiger partial charge in [0.05, 0.1) is 18.7 Å². The number of carbonyl (C=O) groups excluding carboxylic acids is 2. The number of methoxy groups -OCH3 is 1. The third kappa shape index (κ3) is 5.58. The van der Waals surface area contributed by atoms with Gasteiger partial charge in [-0.05, 0) is 60.8 Å². The molecule has 212 valence electrons. The second-order valence-corrected chi connectivity index (χ2v) is 10.9. The van der Waals surface area contributed by atoms with E-state index in [1.54, 1.807) is 7.11 Å². The molecule has 1 aromatic heterocycles. The molecule has 2 aliphatic heterocycles. The molecule has 3 aromatic rings. The number of piperazine rings is 1. The van der Waals surface area contributed by atoms with Crippen molar-refractivity contribution in [1.82, 2.24) is 19.8 Å². The molecular weight excluding hydrogens is 518 g/mol. The van der Waals surface area contributed by atoms with Crippen LogP contribution in [0.25, 0.3) is 5.57 Å². The number of nitrogens with one attached hydrogen (secondary N) is 3. The number of anilines is 4. The number of rotatable bonds is 8. The van der Waals surface area contributed by atoms with E-state index in [1.807, 2.05) is 43.5 Å². The number of aromatic nitrogens is 2. The SMILES string of the molecule is COC[C@H](C(=O)Nc1cccc2c1CC=C2c1nc(Nc2ccc3c(c2)NC(=O)C3)ncc1C)N1CCN(C)CC1. The summed E-state index contributed by atoms with van der Waals surface area (Å²) in [4.78, 5) is 39.1. The predicted octanol–water partition coefficient (Wildman–Crippen LogP) is 3.21. The zero-order valence-corrected chi connectivity index (χ0v) is 23.7. The highest BCUT2D eigenvalue weighted by molar-refractivity contribution is 6.00. The Morgan fingerprint density at radius 1 is 1.17 bits per heavy atom. The molecule has 1 fully saturated rings. The van der Waals surface area contributed by atoms with Gasteiger partial charge >= 0.3 is 0 Å². The second kappa shape index (κ2) is 11.4. The molecule has 2 amide bonds. The van der Waals surface area contributed by atoms with Crippen LogP contribution in [0.15, 0.2) is 48.7 Å². The zero-order chi connectivity index (χ0) is 28.5. The Labute approximate surface area is 239 Å². The molecule has 0 spiro atoms. The second-order valence-electron chi connectivity index (χ2n) is 10.9. The summed E-state index contributed by atoms with van der Waals surface area (Å²) in [6.45, 7) is 5.87. The fourth-order valence-corrected chi connectivity index (χ4v) is 5.77. The number of amides is 2. The van der Waals surface area contributed by atoms with Crippen LogP contribution < -0.4 is 16.0 Å². The lowest BCUT2D eigenvalue weighted by Gasteiger charge is -2.36. The highest BCUT2D eigenvalue weighted by atomic mass is 16.5. The quantitative estimate of drug-likeness (QED) is 0.390. The van der Waals surface area contributed by atoms with Gasteiger partial charge in [0.1, 0.15) is 6.04 Å². The van der Waals surface area contributed by atoms with E-state index in [0.717, 1.165) is 76.8 Å². The van der Waals surface area contributed by atoms with Gasteiger partial charge in [0.2, 0.25) is 17.8 Å². The fourth-order valence-electron chi connectivity index (χ4n) is 5.77. The van der Waals surface area contributed by atoms with E-state index in [1.165, 1.54) is 0 Å². The van der Waals surface area contributed by atoms with Crippen molar-refractivity contribution in [3.63, 3.8) is 0 Å². The summed E-state index contributed by atoms with van der Waals surface area (Å²) in [7, 11) is 3.74. The Hall–Kier alpha value is -4.12. The molecule has 1 aliphatic carbocycles. The van der Waals surface area contributed by atoms with Gasteiger partial charge in [0.15, 0.2) is 0 Å². The number of hydrogen-bond donors (Lipinski definition) is 3. The molecule has 1 atom stereocenters. The average molecular weight is 554 g/mol. The zero-order valence-electron chi connectivity index (χ0n) is 23.7. The highest BCUT2D eigenvalue weighted by Crippen LogP contribution is 2.37. The van der Waals surface area contributed by atoms with Crippen molar-refractivity contribution < 1.29 is 14.3 Å². The number of carbonyl (C=O) groups is 2. The predicted molar refractivity (Wildman–Crippen MR) is 159 cm³/mol. The van der Waals surface area contributed by atoms with E-state index < -0.39 is 0 Å². The molecule has 3 N–H and O–H groups in total. The summed E-state index contributed by atoms with van der Waals surface area (Å²) >= 11 is 0. The van der Waals surface area contributed by atoms with E-state index in [9.17, 15) is 9.59 Å². The third-order valence-corrected chi connectivity index (χ3v) is 8.06. The van der Waals surface area contributed by atoms with Crippen molar-refractivity contribution >= 4 is 40.4 Å². The molecule has 2 aromatic carbocycles. The van der Waals surface area contributed by atoms with Gasteiger partial charge in [-0.1, -0.05) is 24.3 Å². The van der Waals surface area contributed by atoms with Crippen LogP contribution >= 0.6 is 0 Å². The largest absolute Gasteiger partial charge is 0.383 e. The molecule has 6 rings (SSSR count). The summed E-state index contributed by atoms with van der Waals surface area (Å²) < 4.78 is 5.44. The first kappa shape index (κ1) is 27.1. The van der Waals surface area contributed by atoms with E-state index in [2.05, 4.69) is 49.9 Å². The number of hydrogen-bond acceptors (Lipinski definition) is 8. The Balaban J connectivity index is 1.21. The molecule has 3 aliphatic rings. The molecule has 10 nitrogen and oxygen atoms in total. The fraction of sp³-hybridized carbons (Fsp3) is 0.355. The van der Waals surface area contributed by atoms with Crippen molar-refractivity contribution in [2.24, 2.45) is 0 Å². The number of fused-ring (bicyclic) bond motifs is 2.